The van der Waals surface area contributed by atoms with E-state index in [1.807, 2.05) is 7.05 Å². The number of morpholine rings is 1. The Balaban J connectivity index is 1.44. The predicted molar refractivity (Wildman–Crippen MR) is 93.7 cm³/mol. The molecule has 0 bridgehead atoms. The first-order valence-corrected chi connectivity index (χ1v) is 8.61. The first kappa shape index (κ1) is 16.3. The number of hydrogen-bond donors (Lipinski definition) is 2. The topological polar surface area (TPSA) is 48.9 Å². The van der Waals surface area contributed by atoms with E-state index in [2.05, 4.69) is 51.7 Å². The van der Waals surface area contributed by atoms with Crippen LogP contribution in [0.2, 0.25) is 0 Å². The molecule has 0 aliphatic carbocycles. The summed E-state index contributed by atoms with van der Waals surface area (Å²) in [5.41, 5.74) is 2.59. The van der Waals surface area contributed by atoms with Crippen molar-refractivity contribution in [3.63, 3.8) is 0 Å². The van der Waals surface area contributed by atoms with Crippen molar-refractivity contribution in [3.05, 3.63) is 35.4 Å². The number of ether oxygens (including phenoxy) is 1. The number of nitrogens with zero attached hydrogens (tertiary/aromatic N) is 2. The Bertz CT molecular complexity index is 546. The molecule has 23 heavy (non-hydrogen) atoms. The lowest BCUT2D eigenvalue weighted by Gasteiger charge is -2.35. The van der Waals surface area contributed by atoms with Gasteiger partial charge in [0, 0.05) is 32.7 Å². The summed E-state index contributed by atoms with van der Waals surface area (Å²) in [6, 6.07) is 9.08. The van der Waals surface area contributed by atoms with Crippen LogP contribution < -0.4 is 10.6 Å². The monoisotopic (exact) mass is 316 g/mol. The van der Waals surface area contributed by atoms with Crippen molar-refractivity contribution in [2.24, 2.45) is 4.99 Å². The average molecular weight is 316 g/mol. The standard InChI is InChI=1S/C18H28N4O/c1-14-6-3-4-7-15(14)10-20-18(19-2)21-11-17-12-22-9-5-8-16(22)13-23-17/h3-4,6-7,16-17H,5,8-13H2,1-2H3,(H2,19,20,21). The molecule has 2 N–H and O–H groups in total. The fraction of sp³-hybridized carbons (Fsp3) is 0.611. The van der Waals surface area contributed by atoms with E-state index in [1.165, 1.54) is 30.5 Å². The number of benzene rings is 1. The number of guanidine groups is 1. The van der Waals surface area contributed by atoms with Crippen molar-refractivity contribution >= 4 is 5.96 Å². The Kier molecular flexibility index (Phi) is 5.51. The van der Waals surface area contributed by atoms with Crippen LogP contribution in [0.15, 0.2) is 29.3 Å². The van der Waals surface area contributed by atoms with Gasteiger partial charge in [-0.05, 0) is 37.4 Å². The van der Waals surface area contributed by atoms with Gasteiger partial charge in [-0.3, -0.25) is 9.89 Å². The van der Waals surface area contributed by atoms with E-state index >= 15 is 0 Å². The number of nitrogens with one attached hydrogen (secondary N) is 2. The highest BCUT2D eigenvalue weighted by molar-refractivity contribution is 5.79. The fourth-order valence-electron chi connectivity index (χ4n) is 3.43. The van der Waals surface area contributed by atoms with Crippen molar-refractivity contribution in [3.8, 4) is 0 Å². The molecule has 1 aromatic rings. The zero-order chi connectivity index (χ0) is 16.1. The Morgan fingerprint density at radius 2 is 2.22 bits per heavy atom. The van der Waals surface area contributed by atoms with Crippen LogP contribution in [-0.4, -0.2) is 56.3 Å². The van der Waals surface area contributed by atoms with E-state index in [-0.39, 0.29) is 6.10 Å². The second-order valence-electron chi connectivity index (χ2n) is 6.48. The fourth-order valence-corrected chi connectivity index (χ4v) is 3.43. The van der Waals surface area contributed by atoms with E-state index in [1.54, 1.807) is 0 Å². The SMILES string of the molecule is CN=C(NCc1ccccc1C)NCC1CN2CCCC2CO1. The van der Waals surface area contributed by atoms with Gasteiger partial charge < -0.3 is 15.4 Å². The predicted octanol–water partition coefficient (Wildman–Crippen LogP) is 1.52. The van der Waals surface area contributed by atoms with Crippen LogP contribution in [0.4, 0.5) is 0 Å². The molecule has 2 saturated heterocycles. The molecule has 1 aromatic carbocycles. The molecule has 2 fully saturated rings. The number of hydrogen-bond acceptors (Lipinski definition) is 3. The zero-order valence-electron chi connectivity index (χ0n) is 14.2. The molecule has 0 aromatic heterocycles. The molecule has 5 nitrogen and oxygen atoms in total. The summed E-state index contributed by atoms with van der Waals surface area (Å²) < 4.78 is 5.98. The van der Waals surface area contributed by atoms with Gasteiger partial charge in [-0.25, -0.2) is 0 Å². The summed E-state index contributed by atoms with van der Waals surface area (Å²) in [6.07, 6.45) is 2.86. The van der Waals surface area contributed by atoms with E-state index in [0.717, 1.165) is 32.2 Å². The second-order valence-corrected chi connectivity index (χ2v) is 6.48. The summed E-state index contributed by atoms with van der Waals surface area (Å²) in [5, 5.41) is 6.78. The van der Waals surface area contributed by atoms with Gasteiger partial charge in [0.05, 0.1) is 12.7 Å². The van der Waals surface area contributed by atoms with Crippen LogP contribution in [0, 0.1) is 6.92 Å². The largest absolute Gasteiger partial charge is 0.373 e. The first-order chi connectivity index (χ1) is 11.3. The van der Waals surface area contributed by atoms with Gasteiger partial charge in [0.1, 0.15) is 0 Å². The third-order valence-electron chi connectivity index (χ3n) is 4.89. The number of aryl methyl sites for hydroxylation is 1. The molecule has 2 unspecified atom stereocenters. The van der Waals surface area contributed by atoms with Crippen molar-refractivity contribution in [1.82, 2.24) is 15.5 Å². The molecule has 5 heteroatoms. The summed E-state index contributed by atoms with van der Waals surface area (Å²) in [4.78, 5) is 6.88. The van der Waals surface area contributed by atoms with Gasteiger partial charge in [-0.15, -0.1) is 0 Å². The molecule has 3 rings (SSSR count). The maximum Gasteiger partial charge on any atom is 0.191 e. The van der Waals surface area contributed by atoms with Crippen LogP contribution >= 0.6 is 0 Å². The van der Waals surface area contributed by atoms with Gasteiger partial charge in [-0.2, -0.15) is 0 Å². The summed E-state index contributed by atoms with van der Waals surface area (Å²) >= 11 is 0. The van der Waals surface area contributed by atoms with Gasteiger partial charge in [-0.1, -0.05) is 24.3 Å². The average Bonchev–Trinajstić information content (AvgIpc) is 3.04. The highest BCUT2D eigenvalue weighted by atomic mass is 16.5. The lowest BCUT2D eigenvalue weighted by atomic mass is 10.1. The van der Waals surface area contributed by atoms with Gasteiger partial charge >= 0.3 is 0 Å². The van der Waals surface area contributed by atoms with Crippen LogP contribution in [-0.2, 0) is 11.3 Å². The molecule has 0 spiro atoms. The molecule has 0 saturated carbocycles. The Hall–Kier alpha value is -1.59. The van der Waals surface area contributed by atoms with Crippen LogP contribution in [0.5, 0.6) is 0 Å². The van der Waals surface area contributed by atoms with E-state index in [4.69, 9.17) is 4.74 Å². The van der Waals surface area contributed by atoms with E-state index in [0.29, 0.717) is 6.04 Å². The smallest absolute Gasteiger partial charge is 0.191 e. The van der Waals surface area contributed by atoms with Crippen LogP contribution in [0.1, 0.15) is 24.0 Å². The van der Waals surface area contributed by atoms with Crippen molar-refractivity contribution in [1.29, 1.82) is 0 Å². The highest BCUT2D eigenvalue weighted by Gasteiger charge is 2.32. The third kappa shape index (κ3) is 4.24. The molecule has 2 aliphatic heterocycles. The molecular weight excluding hydrogens is 288 g/mol. The van der Waals surface area contributed by atoms with Gasteiger partial charge in [0.15, 0.2) is 5.96 Å². The molecule has 0 radical (unpaired) electrons. The second kappa shape index (κ2) is 7.79. The summed E-state index contributed by atoms with van der Waals surface area (Å²) in [6.45, 7) is 6.86. The van der Waals surface area contributed by atoms with E-state index < -0.39 is 0 Å². The van der Waals surface area contributed by atoms with Crippen molar-refractivity contribution < 1.29 is 4.74 Å². The molecule has 126 valence electrons. The number of rotatable bonds is 4. The van der Waals surface area contributed by atoms with Crippen molar-refractivity contribution in [2.75, 3.05) is 33.3 Å². The molecular formula is C18H28N4O. The van der Waals surface area contributed by atoms with E-state index in [9.17, 15) is 0 Å². The Morgan fingerprint density at radius 1 is 1.35 bits per heavy atom. The van der Waals surface area contributed by atoms with Crippen LogP contribution in [0.3, 0.4) is 0 Å². The lowest BCUT2D eigenvalue weighted by Crippen LogP contribution is -2.51. The normalized spacial score (nSPS) is 25.2. The quantitative estimate of drug-likeness (QED) is 0.653. The molecule has 2 heterocycles. The van der Waals surface area contributed by atoms with Gasteiger partial charge in [0.2, 0.25) is 0 Å². The van der Waals surface area contributed by atoms with Crippen LogP contribution in [0.25, 0.3) is 0 Å². The molecule has 2 aliphatic rings. The maximum atomic E-state index is 5.98. The summed E-state index contributed by atoms with van der Waals surface area (Å²) in [5.74, 6) is 0.834. The maximum absolute atomic E-state index is 5.98. The molecule has 2 atom stereocenters. The minimum Gasteiger partial charge on any atom is -0.373 e. The summed E-state index contributed by atoms with van der Waals surface area (Å²) in [7, 11) is 1.81. The minimum atomic E-state index is 0.251. The first-order valence-electron chi connectivity index (χ1n) is 8.61. The lowest BCUT2D eigenvalue weighted by molar-refractivity contribution is -0.0453. The Labute approximate surface area is 139 Å². The minimum absolute atomic E-state index is 0.251. The van der Waals surface area contributed by atoms with Gasteiger partial charge in [0.25, 0.3) is 0 Å². The highest BCUT2D eigenvalue weighted by Crippen LogP contribution is 2.22. The third-order valence-corrected chi connectivity index (χ3v) is 4.89. The number of aliphatic imine (C=N–C) groups is 1. The Morgan fingerprint density at radius 3 is 3.04 bits per heavy atom. The van der Waals surface area contributed by atoms with Crippen molar-refractivity contribution in [2.45, 2.75) is 38.5 Å². The molecule has 0 amide bonds. The zero-order valence-corrected chi connectivity index (χ0v) is 14.2. The number of fused-ring (bicyclic) bond motifs is 1.